The minimum atomic E-state index is -0.320. The molecule has 0 radical (unpaired) electrons. The van der Waals surface area contributed by atoms with Gasteiger partial charge in [-0.2, -0.15) is 0 Å². The summed E-state index contributed by atoms with van der Waals surface area (Å²) in [7, 11) is 1.68. The second-order valence-corrected chi connectivity index (χ2v) is 5.39. The third kappa shape index (κ3) is 8.93. The number of carbonyl (C=O) groups is 1. The van der Waals surface area contributed by atoms with Gasteiger partial charge in [0, 0.05) is 26.1 Å². The normalized spacial score (nSPS) is 12.4. The second-order valence-electron chi connectivity index (χ2n) is 5.39. The molecular formula is C18H28FN3O3. The maximum Gasteiger partial charge on any atom is 0.305 e. The number of hydrogen-bond acceptors (Lipinski definition) is 4. The minimum Gasteiger partial charge on any atom is -0.489 e. The first kappa shape index (κ1) is 20.7. The highest BCUT2D eigenvalue weighted by molar-refractivity contribution is 5.79. The lowest BCUT2D eigenvalue weighted by Gasteiger charge is -2.20. The maximum absolute atomic E-state index is 13.2. The Morgan fingerprint density at radius 3 is 2.76 bits per heavy atom. The van der Waals surface area contributed by atoms with Gasteiger partial charge in [0.2, 0.25) is 0 Å². The number of guanidine groups is 1. The summed E-state index contributed by atoms with van der Waals surface area (Å²) in [4.78, 5) is 15.4. The summed E-state index contributed by atoms with van der Waals surface area (Å²) in [5.41, 5.74) is 0. The highest BCUT2D eigenvalue weighted by atomic mass is 19.1. The molecule has 1 atom stereocenters. The Balaban J connectivity index is 2.33. The number of nitrogens with one attached hydrogen (secondary N) is 2. The largest absolute Gasteiger partial charge is 0.489 e. The third-order valence-electron chi connectivity index (χ3n) is 3.43. The zero-order valence-electron chi connectivity index (χ0n) is 15.2. The van der Waals surface area contributed by atoms with E-state index in [2.05, 4.69) is 15.6 Å². The fourth-order valence-electron chi connectivity index (χ4n) is 2.11. The lowest BCUT2D eigenvalue weighted by atomic mass is 10.2. The molecule has 2 N–H and O–H groups in total. The van der Waals surface area contributed by atoms with E-state index in [0.29, 0.717) is 44.2 Å². The highest BCUT2D eigenvalue weighted by Crippen LogP contribution is 2.14. The lowest BCUT2D eigenvalue weighted by Crippen LogP contribution is -2.42. The lowest BCUT2D eigenvalue weighted by molar-refractivity contribution is -0.143. The van der Waals surface area contributed by atoms with Crippen LogP contribution in [0.4, 0.5) is 4.39 Å². The Bertz CT molecular complexity index is 552. The molecular weight excluding hydrogens is 325 g/mol. The topological polar surface area (TPSA) is 72.0 Å². The van der Waals surface area contributed by atoms with Gasteiger partial charge in [0.1, 0.15) is 17.7 Å². The number of ether oxygens (including phenoxy) is 2. The number of nitrogens with zero attached hydrogens (tertiary/aromatic N) is 1. The van der Waals surface area contributed by atoms with Crippen LogP contribution in [0.25, 0.3) is 0 Å². The van der Waals surface area contributed by atoms with E-state index >= 15 is 0 Å². The van der Waals surface area contributed by atoms with Crippen LogP contribution in [0.1, 0.15) is 33.1 Å². The molecule has 25 heavy (non-hydrogen) atoms. The van der Waals surface area contributed by atoms with Crippen LogP contribution in [-0.2, 0) is 9.53 Å². The Morgan fingerprint density at radius 2 is 2.12 bits per heavy atom. The molecule has 0 aromatic heterocycles. The number of carbonyl (C=O) groups excluding carboxylic acids is 1. The van der Waals surface area contributed by atoms with Crippen LogP contribution in [0.5, 0.6) is 5.75 Å². The van der Waals surface area contributed by atoms with Crippen molar-refractivity contribution in [2.75, 3.05) is 26.7 Å². The van der Waals surface area contributed by atoms with Gasteiger partial charge >= 0.3 is 5.97 Å². The minimum absolute atomic E-state index is 0.111. The van der Waals surface area contributed by atoms with Gasteiger partial charge in [0.05, 0.1) is 13.2 Å². The van der Waals surface area contributed by atoms with Crippen molar-refractivity contribution in [1.29, 1.82) is 0 Å². The van der Waals surface area contributed by atoms with Crippen LogP contribution in [0.15, 0.2) is 29.3 Å². The van der Waals surface area contributed by atoms with Crippen molar-refractivity contribution in [2.45, 2.75) is 39.2 Å². The SMILES string of the molecule is CCOC(=O)CCCNC(=NC)NCC(CC)Oc1cccc(F)c1. The third-order valence-corrected chi connectivity index (χ3v) is 3.43. The summed E-state index contributed by atoms with van der Waals surface area (Å²) in [5, 5.41) is 6.31. The number of rotatable bonds is 10. The van der Waals surface area contributed by atoms with E-state index in [-0.39, 0.29) is 17.9 Å². The van der Waals surface area contributed by atoms with Gasteiger partial charge in [-0.1, -0.05) is 13.0 Å². The van der Waals surface area contributed by atoms with Crippen molar-refractivity contribution < 1.29 is 18.7 Å². The van der Waals surface area contributed by atoms with Crippen LogP contribution in [0.2, 0.25) is 0 Å². The fraction of sp³-hybridized carbons (Fsp3) is 0.556. The van der Waals surface area contributed by atoms with E-state index in [4.69, 9.17) is 9.47 Å². The number of halogens is 1. The van der Waals surface area contributed by atoms with Crippen molar-refractivity contribution in [1.82, 2.24) is 10.6 Å². The quantitative estimate of drug-likeness (QED) is 0.293. The summed E-state index contributed by atoms with van der Waals surface area (Å²) in [5.74, 6) is 0.623. The molecule has 0 heterocycles. The van der Waals surface area contributed by atoms with E-state index in [1.807, 2.05) is 6.92 Å². The zero-order valence-corrected chi connectivity index (χ0v) is 15.2. The van der Waals surface area contributed by atoms with Gasteiger partial charge in [0.25, 0.3) is 0 Å². The van der Waals surface area contributed by atoms with E-state index < -0.39 is 0 Å². The molecule has 1 aromatic rings. The fourth-order valence-corrected chi connectivity index (χ4v) is 2.11. The number of benzene rings is 1. The molecule has 0 spiro atoms. The average molecular weight is 353 g/mol. The average Bonchev–Trinajstić information content (AvgIpc) is 2.60. The molecule has 7 heteroatoms. The maximum atomic E-state index is 13.2. The van der Waals surface area contributed by atoms with E-state index in [1.165, 1.54) is 12.1 Å². The van der Waals surface area contributed by atoms with Crippen LogP contribution in [-0.4, -0.2) is 44.8 Å². The van der Waals surface area contributed by atoms with E-state index in [1.54, 1.807) is 26.1 Å². The molecule has 0 fully saturated rings. The first-order chi connectivity index (χ1) is 12.1. The predicted molar refractivity (Wildman–Crippen MR) is 96.3 cm³/mol. The monoisotopic (exact) mass is 353 g/mol. The van der Waals surface area contributed by atoms with Gasteiger partial charge in [0.15, 0.2) is 5.96 Å². The van der Waals surface area contributed by atoms with E-state index in [9.17, 15) is 9.18 Å². The van der Waals surface area contributed by atoms with Gasteiger partial charge in [-0.05, 0) is 31.9 Å². The van der Waals surface area contributed by atoms with Gasteiger partial charge in [-0.3, -0.25) is 9.79 Å². The predicted octanol–water partition coefficient (Wildman–Crippen LogP) is 2.49. The van der Waals surface area contributed by atoms with Crippen LogP contribution in [0.3, 0.4) is 0 Å². The first-order valence-electron chi connectivity index (χ1n) is 8.61. The van der Waals surface area contributed by atoms with Crippen molar-refractivity contribution in [3.8, 4) is 5.75 Å². The molecule has 0 aliphatic carbocycles. The summed E-state index contributed by atoms with van der Waals surface area (Å²) in [6.07, 6.45) is 1.69. The first-order valence-corrected chi connectivity index (χ1v) is 8.61. The Kier molecular flexibility index (Phi) is 10.0. The molecule has 0 bridgehead atoms. The Morgan fingerprint density at radius 1 is 1.32 bits per heavy atom. The Labute approximate surface area is 148 Å². The van der Waals surface area contributed by atoms with Crippen LogP contribution in [0, 0.1) is 5.82 Å². The van der Waals surface area contributed by atoms with Crippen molar-refractivity contribution in [3.63, 3.8) is 0 Å². The van der Waals surface area contributed by atoms with Crippen LogP contribution < -0.4 is 15.4 Å². The molecule has 1 aromatic carbocycles. The van der Waals surface area contributed by atoms with Crippen molar-refractivity contribution in [3.05, 3.63) is 30.1 Å². The molecule has 0 saturated heterocycles. The summed E-state index contributed by atoms with van der Waals surface area (Å²) in [6.45, 7) is 5.34. The highest BCUT2D eigenvalue weighted by Gasteiger charge is 2.10. The summed E-state index contributed by atoms with van der Waals surface area (Å²) >= 11 is 0. The van der Waals surface area contributed by atoms with Crippen molar-refractivity contribution in [2.24, 2.45) is 4.99 Å². The molecule has 0 saturated carbocycles. The standard InChI is InChI=1S/C18H28FN3O3/c1-4-15(25-16-9-6-8-14(19)12-16)13-22-18(20-3)21-11-7-10-17(23)24-5-2/h6,8-9,12,15H,4-5,7,10-11,13H2,1-3H3,(H2,20,21,22). The molecule has 140 valence electrons. The molecule has 6 nitrogen and oxygen atoms in total. The number of esters is 1. The van der Waals surface area contributed by atoms with Gasteiger partial charge in [-0.15, -0.1) is 0 Å². The second kappa shape index (κ2) is 12.1. The molecule has 0 aliphatic rings. The van der Waals surface area contributed by atoms with Crippen LogP contribution >= 0.6 is 0 Å². The number of hydrogen-bond donors (Lipinski definition) is 2. The van der Waals surface area contributed by atoms with Gasteiger partial charge < -0.3 is 20.1 Å². The smallest absolute Gasteiger partial charge is 0.305 e. The summed E-state index contributed by atoms with van der Waals surface area (Å²) in [6, 6.07) is 6.10. The number of aliphatic imine (C=N–C) groups is 1. The van der Waals surface area contributed by atoms with Crippen molar-refractivity contribution >= 4 is 11.9 Å². The zero-order chi connectivity index (χ0) is 18.5. The van der Waals surface area contributed by atoms with E-state index in [0.717, 1.165) is 6.42 Å². The summed E-state index contributed by atoms with van der Waals surface area (Å²) < 4.78 is 23.9. The van der Waals surface area contributed by atoms with Gasteiger partial charge in [-0.25, -0.2) is 4.39 Å². The molecule has 0 aliphatic heterocycles. The Hall–Kier alpha value is -2.31. The molecule has 1 unspecified atom stereocenters. The molecule has 1 rings (SSSR count). The molecule has 0 amide bonds.